The highest BCUT2D eigenvalue weighted by atomic mass is 16.6. The number of ether oxygens (including phenoxy) is 1. The molecule has 0 bridgehead atoms. The molecule has 148 valence electrons. The zero-order chi connectivity index (χ0) is 19.9. The van der Waals surface area contributed by atoms with E-state index in [1.165, 1.54) is 18.6 Å². The first-order valence-corrected chi connectivity index (χ1v) is 9.62. The summed E-state index contributed by atoms with van der Waals surface area (Å²) in [6.45, 7) is 2.23. The molecule has 28 heavy (non-hydrogen) atoms. The molecule has 2 aliphatic rings. The average molecular weight is 384 g/mol. The lowest BCUT2D eigenvalue weighted by molar-refractivity contribution is -0.384. The van der Waals surface area contributed by atoms with Gasteiger partial charge in [-0.1, -0.05) is 25.3 Å². The van der Waals surface area contributed by atoms with Crippen LogP contribution in [0.15, 0.2) is 23.8 Å². The highest BCUT2D eigenvalue weighted by Crippen LogP contribution is 2.30. The Kier molecular flexibility index (Phi) is 6.61. The van der Waals surface area contributed by atoms with E-state index in [0.29, 0.717) is 37.6 Å². The fourth-order valence-electron chi connectivity index (χ4n) is 3.67. The van der Waals surface area contributed by atoms with Crippen molar-refractivity contribution in [3.8, 4) is 6.07 Å². The molecule has 0 spiro atoms. The van der Waals surface area contributed by atoms with Crippen LogP contribution in [0.5, 0.6) is 0 Å². The summed E-state index contributed by atoms with van der Waals surface area (Å²) in [4.78, 5) is 25.5. The van der Waals surface area contributed by atoms with E-state index in [4.69, 9.17) is 4.74 Å². The van der Waals surface area contributed by atoms with Crippen molar-refractivity contribution in [2.24, 2.45) is 0 Å². The van der Waals surface area contributed by atoms with Gasteiger partial charge in [0.1, 0.15) is 17.3 Å². The number of anilines is 1. The van der Waals surface area contributed by atoms with E-state index >= 15 is 0 Å². The summed E-state index contributed by atoms with van der Waals surface area (Å²) in [6, 6.07) is 6.79. The van der Waals surface area contributed by atoms with Gasteiger partial charge in [0.15, 0.2) is 0 Å². The van der Waals surface area contributed by atoms with Crippen LogP contribution in [0.3, 0.4) is 0 Å². The lowest BCUT2D eigenvalue weighted by Gasteiger charge is -2.28. The van der Waals surface area contributed by atoms with Crippen molar-refractivity contribution < 1.29 is 14.5 Å². The maximum atomic E-state index is 12.4. The molecule has 2 fully saturated rings. The molecule has 0 aromatic heterocycles. The third kappa shape index (κ3) is 4.87. The molecule has 8 nitrogen and oxygen atoms in total. The second kappa shape index (κ2) is 9.33. The summed E-state index contributed by atoms with van der Waals surface area (Å²) < 4.78 is 5.30. The van der Waals surface area contributed by atoms with Gasteiger partial charge in [-0.2, -0.15) is 5.26 Å². The molecule has 1 aliphatic carbocycles. The Morgan fingerprint density at radius 2 is 2.00 bits per heavy atom. The van der Waals surface area contributed by atoms with Crippen molar-refractivity contribution in [3.63, 3.8) is 0 Å². The Morgan fingerprint density at radius 3 is 2.64 bits per heavy atom. The fraction of sp³-hybridized carbons (Fsp3) is 0.500. The third-order valence-electron chi connectivity index (χ3n) is 5.16. The van der Waals surface area contributed by atoms with Crippen LogP contribution in [0, 0.1) is 21.4 Å². The molecule has 1 N–H and O–H groups in total. The quantitative estimate of drug-likeness (QED) is 0.362. The summed E-state index contributed by atoms with van der Waals surface area (Å²) in [6.07, 6.45) is 6.58. The molecule has 1 heterocycles. The average Bonchev–Trinajstić information content (AvgIpc) is 2.73. The molecule has 0 radical (unpaired) electrons. The summed E-state index contributed by atoms with van der Waals surface area (Å²) in [5.74, 6) is -0.422. The number of nitro benzene ring substituents is 1. The molecule has 1 saturated carbocycles. The molecular weight excluding hydrogens is 360 g/mol. The highest BCUT2D eigenvalue weighted by molar-refractivity contribution is 6.02. The number of nitro groups is 1. The predicted molar refractivity (Wildman–Crippen MR) is 105 cm³/mol. The van der Waals surface area contributed by atoms with E-state index in [9.17, 15) is 20.2 Å². The minimum atomic E-state index is -0.434. The minimum Gasteiger partial charge on any atom is -0.378 e. The standard InChI is InChI=1S/C20H24N4O4/c21-14-16(20(25)22-17-4-2-1-3-5-17)12-15-6-7-18(19(13-15)24(26)27)23-8-10-28-11-9-23/h6-7,12-13,17H,1-5,8-11H2,(H,22,25). The smallest absolute Gasteiger partial charge is 0.293 e. The normalized spacial score (nSPS) is 18.4. The number of hydrogen-bond donors (Lipinski definition) is 1. The summed E-state index contributed by atoms with van der Waals surface area (Å²) in [7, 11) is 0. The van der Waals surface area contributed by atoms with Gasteiger partial charge in [-0.3, -0.25) is 14.9 Å². The molecule has 1 aromatic carbocycles. The monoisotopic (exact) mass is 384 g/mol. The van der Waals surface area contributed by atoms with Crippen LogP contribution in [-0.2, 0) is 9.53 Å². The second-order valence-corrected chi connectivity index (χ2v) is 7.08. The van der Waals surface area contributed by atoms with Crippen LogP contribution < -0.4 is 10.2 Å². The van der Waals surface area contributed by atoms with Gasteiger partial charge in [0.2, 0.25) is 0 Å². The lowest BCUT2D eigenvalue weighted by Crippen LogP contribution is -2.36. The Balaban J connectivity index is 1.80. The Bertz CT molecular complexity index is 803. The van der Waals surface area contributed by atoms with Gasteiger partial charge in [-0.05, 0) is 30.5 Å². The highest BCUT2D eigenvalue weighted by Gasteiger charge is 2.22. The maximum Gasteiger partial charge on any atom is 0.293 e. The van der Waals surface area contributed by atoms with Gasteiger partial charge < -0.3 is 15.0 Å². The van der Waals surface area contributed by atoms with E-state index in [0.717, 1.165) is 25.7 Å². The van der Waals surface area contributed by atoms with Gasteiger partial charge in [0.25, 0.3) is 11.6 Å². The maximum absolute atomic E-state index is 12.4. The van der Waals surface area contributed by atoms with Crippen LogP contribution in [0.1, 0.15) is 37.7 Å². The van der Waals surface area contributed by atoms with Crippen molar-refractivity contribution >= 4 is 23.4 Å². The summed E-state index contributed by atoms with van der Waals surface area (Å²) in [5, 5.41) is 23.8. The Hall–Kier alpha value is -2.92. The van der Waals surface area contributed by atoms with E-state index in [2.05, 4.69) is 5.32 Å². The van der Waals surface area contributed by atoms with Crippen LogP contribution >= 0.6 is 0 Å². The zero-order valence-corrected chi connectivity index (χ0v) is 15.7. The van der Waals surface area contributed by atoms with Gasteiger partial charge in [0, 0.05) is 25.2 Å². The molecule has 8 heteroatoms. The molecular formula is C20H24N4O4. The first-order chi connectivity index (χ1) is 13.6. The second-order valence-electron chi connectivity index (χ2n) is 7.08. The van der Waals surface area contributed by atoms with Crippen molar-refractivity contribution in [1.82, 2.24) is 5.32 Å². The van der Waals surface area contributed by atoms with Gasteiger partial charge in [0.05, 0.1) is 18.1 Å². The number of carbonyl (C=O) groups excluding carboxylic acids is 1. The van der Waals surface area contributed by atoms with Crippen molar-refractivity contribution in [3.05, 3.63) is 39.4 Å². The largest absolute Gasteiger partial charge is 0.378 e. The minimum absolute atomic E-state index is 0.0411. The van der Waals surface area contributed by atoms with Crippen LogP contribution in [-0.4, -0.2) is 43.2 Å². The molecule has 0 unspecified atom stereocenters. The molecule has 1 aliphatic heterocycles. The number of benzene rings is 1. The summed E-state index contributed by atoms with van der Waals surface area (Å²) >= 11 is 0. The number of nitrogens with zero attached hydrogens (tertiary/aromatic N) is 3. The number of nitriles is 1. The predicted octanol–water partition coefficient (Wildman–Crippen LogP) is 2.79. The number of nitrogens with one attached hydrogen (secondary N) is 1. The van der Waals surface area contributed by atoms with E-state index in [-0.39, 0.29) is 17.3 Å². The fourth-order valence-corrected chi connectivity index (χ4v) is 3.67. The van der Waals surface area contributed by atoms with E-state index in [1.807, 2.05) is 11.0 Å². The van der Waals surface area contributed by atoms with Gasteiger partial charge in [-0.15, -0.1) is 0 Å². The lowest BCUT2D eigenvalue weighted by atomic mass is 9.95. The number of morpholine rings is 1. The van der Waals surface area contributed by atoms with E-state index in [1.54, 1.807) is 12.1 Å². The number of hydrogen-bond acceptors (Lipinski definition) is 6. The first-order valence-electron chi connectivity index (χ1n) is 9.62. The number of amides is 1. The zero-order valence-electron chi connectivity index (χ0n) is 15.7. The van der Waals surface area contributed by atoms with E-state index < -0.39 is 10.8 Å². The first kappa shape index (κ1) is 19.8. The SMILES string of the molecule is N#CC(=Cc1ccc(N2CCOCC2)c([N+](=O)[O-])c1)C(=O)NC1CCCCC1. The molecule has 3 rings (SSSR count). The third-order valence-corrected chi connectivity index (χ3v) is 5.16. The molecule has 1 aromatic rings. The Morgan fingerprint density at radius 1 is 1.29 bits per heavy atom. The van der Waals surface area contributed by atoms with Gasteiger partial charge in [-0.25, -0.2) is 0 Å². The van der Waals surface area contributed by atoms with Gasteiger partial charge >= 0.3 is 0 Å². The van der Waals surface area contributed by atoms with Crippen molar-refractivity contribution in [2.75, 3.05) is 31.2 Å². The van der Waals surface area contributed by atoms with Crippen molar-refractivity contribution in [2.45, 2.75) is 38.1 Å². The van der Waals surface area contributed by atoms with Crippen LogP contribution in [0.4, 0.5) is 11.4 Å². The molecule has 0 atom stereocenters. The topological polar surface area (TPSA) is 108 Å². The number of rotatable bonds is 5. The number of carbonyl (C=O) groups is 1. The van der Waals surface area contributed by atoms with Crippen molar-refractivity contribution in [1.29, 1.82) is 5.26 Å². The van der Waals surface area contributed by atoms with Crippen LogP contribution in [0.25, 0.3) is 6.08 Å². The Labute approximate surface area is 163 Å². The van der Waals surface area contributed by atoms with Crippen LogP contribution in [0.2, 0.25) is 0 Å². The molecule has 1 saturated heterocycles. The molecule has 1 amide bonds. The summed E-state index contributed by atoms with van der Waals surface area (Å²) in [5.41, 5.74) is 0.897.